The summed E-state index contributed by atoms with van der Waals surface area (Å²) >= 11 is 0. The van der Waals surface area contributed by atoms with Crippen molar-refractivity contribution in [1.82, 2.24) is 29.5 Å². The third kappa shape index (κ3) is 10.1. The molecule has 0 saturated heterocycles. The van der Waals surface area contributed by atoms with Crippen LogP contribution in [0.5, 0.6) is 0 Å². The fraction of sp³-hybridized carbons (Fsp3) is 0. The smallest absolute Gasteiger partial charge is 0.252 e. The fourth-order valence-electron chi connectivity index (χ4n) is 15.0. The lowest BCUT2D eigenvalue weighted by atomic mass is 9.33. The van der Waals surface area contributed by atoms with Gasteiger partial charge in [0.1, 0.15) is 0 Å². The van der Waals surface area contributed by atoms with Crippen LogP contribution in [-0.2, 0) is 0 Å². The first kappa shape index (κ1) is 58.0. The summed E-state index contributed by atoms with van der Waals surface area (Å²) < 4.78 is 2.39. The Kier molecular flexibility index (Phi) is 14.1. The quantitative estimate of drug-likeness (QED) is 0.113. The summed E-state index contributed by atoms with van der Waals surface area (Å²) in [4.78, 5) is 31.9. The van der Waals surface area contributed by atoms with Gasteiger partial charge < -0.3 is 14.4 Å². The van der Waals surface area contributed by atoms with E-state index in [0.717, 1.165) is 117 Å². The summed E-state index contributed by atoms with van der Waals surface area (Å²) in [6.07, 6.45) is 0. The molecule has 2 aliphatic heterocycles. The first-order valence-corrected chi connectivity index (χ1v) is 33.9. The molecule has 0 radical (unpaired) electrons. The fourth-order valence-corrected chi connectivity index (χ4v) is 15.0. The van der Waals surface area contributed by atoms with E-state index in [4.69, 9.17) is 24.9 Å². The first-order valence-electron chi connectivity index (χ1n) is 33.9. The number of benzene rings is 14. The van der Waals surface area contributed by atoms with Crippen molar-refractivity contribution in [2.24, 2.45) is 0 Å². The third-order valence-corrected chi connectivity index (χ3v) is 19.7. The summed E-state index contributed by atoms with van der Waals surface area (Å²) in [5.74, 6) is 2.22. The number of fused-ring (bicyclic) bond motifs is 7. The van der Waals surface area contributed by atoms with E-state index < -0.39 is 0 Å². The van der Waals surface area contributed by atoms with Crippen molar-refractivity contribution in [3.8, 4) is 107 Å². The molecule has 0 aliphatic carbocycles. The Morgan fingerprint density at radius 1 is 0.220 bits per heavy atom. The lowest BCUT2D eigenvalue weighted by Crippen LogP contribution is -2.61. The molecule has 0 fully saturated rings. The molecule has 5 heterocycles. The second kappa shape index (κ2) is 24.4. The lowest BCUT2D eigenvalue weighted by molar-refractivity contribution is 1.07. The molecule has 8 nitrogen and oxygen atoms in total. The van der Waals surface area contributed by atoms with Gasteiger partial charge >= 0.3 is 0 Å². The third-order valence-electron chi connectivity index (χ3n) is 19.7. The second-order valence-corrected chi connectivity index (χ2v) is 25.5. The maximum Gasteiger partial charge on any atom is 0.252 e. The Balaban J connectivity index is 0.775. The summed E-state index contributed by atoms with van der Waals surface area (Å²) in [6, 6.07) is 127. The second-order valence-electron chi connectivity index (χ2n) is 25.5. The standard InChI is InChI=1S/C91H59BN8/c1-7-25-60(26-8-1)67-47-52-80-73(56-67)74-57-68(61-27-9-2-10-28-61)48-53-81(74)100(80)82-54-49-70(90-96-88(64-31-13-4-14-32-64)95-89(97-90)65-33-15-5-16-34-65)58-75(82)91-93-78(63-29-11-3-12-30-63)59-79(94-91)69-36-23-35-66(55-69)62-45-50-72(51-46-62)99-84-42-22-20-40-77(84)92-76-39-19-21-41-83(76)98(71-37-17-6-18-38-71)85-43-24-44-86(99)87(85)92/h1-59H. The SMILES string of the molecule is c1ccc(-c2ccc3c(c2)c2cc(-c4ccccc4)ccc2n3-c2ccc(-c3nc(-c4ccccc4)nc(-c4ccccc4)n3)cc2-c2nc(-c3ccccc3)cc(-c3cccc(-c4ccc(N5c6ccccc6B6c7ccccc7N(c7ccccc7)c7cccc5c76)cc4)c3)n2)cc1. The Hall–Kier alpha value is -13.4. The zero-order valence-electron chi connectivity index (χ0n) is 54.2. The van der Waals surface area contributed by atoms with E-state index >= 15 is 0 Å². The Morgan fingerprint density at radius 2 is 0.600 bits per heavy atom. The highest BCUT2D eigenvalue weighted by Crippen LogP contribution is 2.46. The van der Waals surface area contributed by atoms with Crippen molar-refractivity contribution in [3.05, 3.63) is 358 Å². The van der Waals surface area contributed by atoms with Crippen LogP contribution < -0.4 is 26.2 Å². The number of rotatable bonds is 12. The minimum absolute atomic E-state index is 0.0600. The van der Waals surface area contributed by atoms with Gasteiger partial charge in [0.25, 0.3) is 6.71 Å². The van der Waals surface area contributed by atoms with Crippen molar-refractivity contribution in [3.63, 3.8) is 0 Å². The minimum atomic E-state index is 0.0600. The van der Waals surface area contributed by atoms with Crippen molar-refractivity contribution >= 4 is 79.0 Å². The number of anilines is 6. The molecule has 19 rings (SSSR count). The van der Waals surface area contributed by atoms with Gasteiger partial charge in [0.15, 0.2) is 23.3 Å². The average Bonchev–Trinajstić information content (AvgIpc) is 0.841. The zero-order valence-corrected chi connectivity index (χ0v) is 54.2. The van der Waals surface area contributed by atoms with Gasteiger partial charge in [0.2, 0.25) is 0 Å². The predicted molar refractivity (Wildman–Crippen MR) is 413 cm³/mol. The topological polar surface area (TPSA) is 75.9 Å². The Morgan fingerprint density at radius 3 is 1.14 bits per heavy atom. The Labute approximate surface area is 579 Å². The number of para-hydroxylation sites is 3. The van der Waals surface area contributed by atoms with Crippen molar-refractivity contribution in [2.75, 3.05) is 9.80 Å². The van der Waals surface area contributed by atoms with E-state index in [9.17, 15) is 0 Å². The molecule has 100 heavy (non-hydrogen) atoms. The maximum atomic E-state index is 5.73. The molecule has 0 bridgehead atoms. The molecule has 3 aromatic heterocycles. The van der Waals surface area contributed by atoms with Crippen LogP contribution in [0.2, 0.25) is 0 Å². The van der Waals surface area contributed by atoms with Crippen LogP contribution in [0.15, 0.2) is 358 Å². The van der Waals surface area contributed by atoms with Crippen LogP contribution in [0.25, 0.3) is 129 Å². The van der Waals surface area contributed by atoms with Crippen LogP contribution >= 0.6 is 0 Å². The van der Waals surface area contributed by atoms with Crippen molar-refractivity contribution in [1.29, 1.82) is 0 Å². The first-order chi connectivity index (χ1) is 49.6. The molecule has 2 aliphatic rings. The van der Waals surface area contributed by atoms with Gasteiger partial charge in [0.05, 0.1) is 28.1 Å². The van der Waals surface area contributed by atoms with Crippen LogP contribution in [0.4, 0.5) is 34.1 Å². The molecule has 466 valence electrons. The molecule has 0 saturated carbocycles. The van der Waals surface area contributed by atoms with Gasteiger partial charge in [-0.1, -0.05) is 255 Å². The minimum Gasteiger partial charge on any atom is -0.311 e. The van der Waals surface area contributed by atoms with E-state index in [1.165, 1.54) is 39.1 Å². The van der Waals surface area contributed by atoms with Gasteiger partial charge in [-0.05, 0) is 153 Å². The van der Waals surface area contributed by atoms with Gasteiger partial charge in [-0.2, -0.15) is 0 Å². The van der Waals surface area contributed by atoms with Crippen LogP contribution in [0.3, 0.4) is 0 Å². The molecular formula is C91H59BN8. The summed E-state index contributed by atoms with van der Waals surface area (Å²) in [6.45, 7) is 0.0600. The van der Waals surface area contributed by atoms with E-state index in [0.29, 0.717) is 23.3 Å². The van der Waals surface area contributed by atoms with E-state index in [1.807, 2.05) is 66.7 Å². The highest BCUT2D eigenvalue weighted by atomic mass is 15.2. The number of nitrogens with zero attached hydrogens (tertiary/aromatic N) is 8. The Bertz CT molecular complexity index is 5820. The summed E-state index contributed by atoms with van der Waals surface area (Å²) in [5.41, 5.74) is 27.4. The van der Waals surface area contributed by atoms with E-state index in [2.05, 4.69) is 306 Å². The molecule has 0 atom stereocenters. The molecule has 17 aromatic rings. The molecule has 0 amide bonds. The summed E-state index contributed by atoms with van der Waals surface area (Å²) in [5, 5.41) is 2.25. The van der Waals surface area contributed by atoms with Crippen LogP contribution in [0, 0.1) is 0 Å². The van der Waals surface area contributed by atoms with E-state index in [1.54, 1.807) is 0 Å². The maximum absolute atomic E-state index is 5.73. The molecule has 0 N–H and O–H groups in total. The molecule has 0 unspecified atom stereocenters. The molecular weight excluding hydrogens is 1220 g/mol. The summed E-state index contributed by atoms with van der Waals surface area (Å²) in [7, 11) is 0. The highest BCUT2D eigenvalue weighted by Gasteiger charge is 2.43. The van der Waals surface area contributed by atoms with Gasteiger partial charge in [-0.15, -0.1) is 0 Å². The highest BCUT2D eigenvalue weighted by molar-refractivity contribution is 7.00. The average molecular weight is 1280 g/mol. The van der Waals surface area contributed by atoms with Crippen molar-refractivity contribution < 1.29 is 0 Å². The van der Waals surface area contributed by atoms with E-state index in [-0.39, 0.29) is 6.71 Å². The van der Waals surface area contributed by atoms with Gasteiger partial charge in [-0.25, -0.2) is 24.9 Å². The molecule has 14 aromatic carbocycles. The predicted octanol–water partition coefficient (Wildman–Crippen LogP) is 20.8. The number of hydrogen-bond donors (Lipinski definition) is 0. The van der Waals surface area contributed by atoms with Gasteiger partial charge in [0, 0.05) is 78.3 Å². The van der Waals surface area contributed by atoms with Crippen molar-refractivity contribution in [2.45, 2.75) is 0 Å². The lowest BCUT2D eigenvalue weighted by Gasteiger charge is -2.44. The molecule has 0 spiro atoms. The largest absolute Gasteiger partial charge is 0.311 e. The van der Waals surface area contributed by atoms with Crippen LogP contribution in [0.1, 0.15) is 0 Å². The zero-order chi connectivity index (χ0) is 66.0. The number of hydrogen-bond acceptors (Lipinski definition) is 7. The molecule has 9 heteroatoms. The van der Waals surface area contributed by atoms with Gasteiger partial charge in [-0.3, -0.25) is 0 Å². The number of aromatic nitrogens is 6. The normalized spacial score (nSPS) is 12.1. The van der Waals surface area contributed by atoms with Crippen LogP contribution in [-0.4, -0.2) is 36.2 Å². The monoisotopic (exact) mass is 1270 g/mol.